The van der Waals surface area contributed by atoms with Gasteiger partial charge in [-0.2, -0.15) is 0 Å². The summed E-state index contributed by atoms with van der Waals surface area (Å²) in [5.41, 5.74) is 0. The van der Waals surface area contributed by atoms with Crippen molar-refractivity contribution in [2.24, 2.45) is 5.92 Å². The molecule has 0 aromatic rings. The monoisotopic (exact) mass is 210 g/mol. The Hall–Kier alpha value is -0.570. The lowest BCUT2D eigenvalue weighted by molar-refractivity contribution is -0.125. The molecule has 2 N–H and O–H groups in total. The third-order valence-corrected chi connectivity index (χ3v) is 3.66. The molecule has 0 unspecified atom stereocenters. The number of carbonyl (C=O) groups is 1. The molecule has 2 fully saturated rings. The first-order valence-electron chi connectivity index (χ1n) is 6.39. The van der Waals surface area contributed by atoms with Gasteiger partial charge >= 0.3 is 0 Å². The highest BCUT2D eigenvalue weighted by Crippen LogP contribution is 2.26. The Morgan fingerprint density at radius 1 is 0.933 bits per heavy atom. The zero-order valence-electron chi connectivity index (χ0n) is 9.43. The van der Waals surface area contributed by atoms with Gasteiger partial charge in [-0.25, -0.2) is 0 Å². The van der Waals surface area contributed by atoms with Crippen LogP contribution in [0.3, 0.4) is 0 Å². The van der Waals surface area contributed by atoms with Gasteiger partial charge in [0, 0.05) is 12.6 Å². The van der Waals surface area contributed by atoms with Crippen LogP contribution in [0.15, 0.2) is 0 Å². The summed E-state index contributed by atoms with van der Waals surface area (Å²) in [6, 6.07) is 0.447. The van der Waals surface area contributed by atoms with Crippen molar-refractivity contribution >= 4 is 5.91 Å². The molecule has 86 valence electrons. The van der Waals surface area contributed by atoms with E-state index in [0.29, 0.717) is 6.04 Å². The number of carbonyl (C=O) groups excluding carboxylic acids is 1. The zero-order chi connectivity index (χ0) is 10.5. The molecule has 0 aromatic heterocycles. The third kappa shape index (κ3) is 2.94. The molecule has 15 heavy (non-hydrogen) atoms. The van der Waals surface area contributed by atoms with Crippen molar-refractivity contribution in [3.05, 3.63) is 0 Å². The lowest BCUT2D eigenvalue weighted by atomic mass is 10.0. The molecule has 2 rings (SSSR count). The van der Waals surface area contributed by atoms with Crippen LogP contribution in [0.2, 0.25) is 0 Å². The Morgan fingerprint density at radius 3 is 2.60 bits per heavy atom. The lowest BCUT2D eigenvalue weighted by Gasteiger charge is -2.19. The smallest absolute Gasteiger partial charge is 0.224 e. The molecule has 0 radical (unpaired) electrons. The molecule has 1 aliphatic heterocycles. The maximum absolute atomic E-state index is 11.9. The molecule has 1 amide bonds. The third-order valence-electron chi connectivity index (χ3n) is 3.66. The minimum Gasteiger partial charge on any atom is -0.356 e. The van der Waals surface area contributed by atoms with Gasteiger partial charge in [0.15, 0.2) is 0 Å². The van der Waals surface area contributed by atoms with Crippen molar-refractivity contribution in [3.63, 3.8) is 0 Å². The van der Waals surface area contributed by atoms with Crippen LogP contribution < -0.4 is 10.6 Å². The van der Waals surface area contributed by atoms with Crippen LogP contribution in [0.25, 0.3) is 0 Å². The van der Waals surface area contributed by atoms with Gasteiger partial charge < -0.3 is 10.6 Å². The van der Waals surface area contributed by atoms with Crippen molar-refractivity contribution < 1.29 is 4.79 Å². The van der Waals surface area contributed by atoms with Crippen molar-refractivity contribution in [2.75, 3.05) is 13.1 Å². The molecule has 1 heterocycles. The average molecular weight is 210 g/mol. The number of hydrogen-bond acceptors (Lipinski definition) is 2. The fraction of sp³-hybridized carbons (Fsp3) is 0.917. The first-order chi connectivity index (χ1) is 7.38. The number of hydrogen-bond donors (Lipinski definition) is 2. The van der Waals surface area contributed by atoms with Crippen LogP contribution >= 0.6 is 0 Å². The highest BCUT2D eigenvalue weighted by atomic mass is 16.1. The predicted octanol–water partition coefficient (Wildman–Crippen LogP) is 1.43. The highest BCUT2D eigenvalue weighted by molar-refractivity contribution is 5.79. The van der Waals surface area contributed by atoms with Crippen LogP contribution in [0.5, 0.6) is 0 Å². The van der Waals surface area contributed by atoms with Crippen LogP contribution in [0, 0.1) is 5.92 Å². The molecule has 1 saturated carbocycles. The fourth-order valence-electron chi connectivity index (χ4n) is 2.75. The predicted molar refractivity (Wildman–Crippen MR) is 60.6 cm³/mol. The number of rotatable bonds is 0. The number of fused-ring (bicyclic) bond motifs is 1. The maximum atomic E-state index is 11.9. The second-order valence-corrected chi connectivity index (χ2v) is 4.80. The molecule has 0 aromatic carbocycles. The zero-order valence-corrected chi connectivity index (χ0v) is 9.43. The molecule has 2 aliphatic rings. The number of amides is 1. The van der Waals surface area contributed by atoms with Gasteiger partial charge in [0.2, 0.25) is 5.91 Å². The lowest BCUT2D eigenvalue weighted by Crippen LogP contribution is -2.41. The molecule has 2 atom stereocenters. The summed E-state index contributed by atoms with van der Waals surface area (Å²) >= 11 is 0. The molecule has 1 saturated heterocycles. The van der Waals surface area contributed by atoms with Gasteiger partial charge in [-0.1, -0.05) is 19.3 Å². The van der Waals surface area contributed by atoms with Gasteiger partial charge in [-0.15, -0.1) is 0 Å². The average Bonchev–Trinajstić information content (AvgIpc) is 2.68. The van der Waals surface area contributed by atoms with Crippen molar-refractivity contribution in [1.29, 1.82) is 0 Å². The minimum absolute atomic E-state index is 0.239. The molecular formula is C12H22N2O. The molecule has 0 spiro atoms. The normalized spacial score (nSPS) is 34.0. The Labute approximate surface area is 92.0 Å². The summed E-state index contributed by atoms with van der Waals surface area (Å²) in [5.74, 6) is 0.523. The van der Waals surface area contributed by atoms with E-state index in [4.69, 9.17) is 0 Å². The SMILES string of the molecule is O=C1NCCCCCCN[C@H]2CCC[C@H]12. The summed E-state index contributed by atoms with van der Waals surface area (Å²) < 4.78 is 0. The van der Waals surface area contributed by atoms with E-state index < -0.39 is 0 Å². The molecule has 3 nitrogen and oxygen atoms in total. The van der Waals surface area contributed by atoms with Gasteiger partial charge in [-0.05, 0) is 32.2 Å². The first-order valence-corrected chi connectivity index (χ1v) is 6.39. The Kier molecular flexibility index (Phi) is 4.01. The summed E-state index contributed by atoms with van der Waals surface area (Å²) in [6.45, 7) is 1.97. The van der Waals surface area contributed by atoms with E-state index in [-0.39, 0.29) is 11.8 Å². The van der Waals surface area contributed by atoms with E-state index in [0.717, 1.165) is 25.9 Å². The van der Waals surface area contributed by atoms with E-state index in [1.165, 1.54) is 32.1 Å². The topological polar surface area (TPSA) is 41.1 Å². The second kappa shape index (κ2) is 5.50. The van der Waals surface area contributed by atoms with Crippen LogP contribution in [0.4, 0.5) is 0 Å². The van der Waals surface area contributed by atoms with Gasteiger partial charge in [-0.3, -0.25) is 4.79 Å². The van der Waals surface area contributed by atoms with Crippen LogP contribution in [0.1, 0.15) is 44.9 Å². The molecule has 0 bridgehead atoms. The number of nitrogens with one attached hydrogen (secondary N) is 2. The van der Waals surface area contributed by atoms with Crippen molar-refractivity contribution in [3.8, 4) is 0 Å². The van der Waals surface area contributed by atoms with Gasteiger partial charge in [0.1, 0.15) is 0 Å². The molecule has 3 heteroatoms. The first kappa shape index (κ1) is 10.9. The Morgan fingerprint density at radius 2 is 1.73 bits per heavy atom. The van der Waals surface area contributed by atoms with Crippen molar-refractivity contribution in [1.82, 2.24) is 10.6 Å². The van der Waals surface area contributed by atoms with Crippen LogP contribution in [-0.2, 0) is 4.79 Å². The molecular weight excluding hydrogens is 188 g/mol. The highest BCUT2D eigenvalue weighted by Gasteiger charge is 2.32. The maximum Gasteiger partial charge on any atom is 0.224 e. The van der Waals surface area contributed by atoms with E-state index in [9.17, 15) is 4.79 Å². The van der Waals surface area contributed by atoms with E-state index in [1.54, 1.807) is 0 Å². The minimum atomic E-state index is 0.239. The summed E-state index contributed by atoms with van der Waals surface area (Å²) in [4.78, 5) is 11.9. The quantitative estimate of drug-likeness (QED) is 0.635. The standard InChI is InChI=1S/C12H22N2O/c15-12-10-6-5-7-11(10)13-8-3-1-2-4-9-14-12/h10-11,13H,1-9H2,(H,14,15)/t10-,11-/m0/s1. The van der Waals surface area contributed by atoms with E-state index in [1.807, 2.05) is 0 Å². The largest absolute Gasteiger partial charge is 0.356 e. The summed E-state index contributed by atoms with van der Waals surface area (Å²) in [7, 11) is 0. The molecule has 1 aliphatic carbocycles. The van der Waals surface area contributed by atoms with Crippen LogP contribution in [-0.4, -0.2) is 25.0 Å². The summed E-state index contributed by atoms with van der Waals surface area (Å²) in [5, 5.41) is 6.62. The van der Waals surface area contributed by atoms with E-state index >= 15 is 0 Å². The van der Waals surface area contributed by atoms with Crippen molar-refractivity contribution in [2.45, 2.75) is 51.0 Å². The van der Waals surface area contributed by atoms with Gasteiger partial charge in [0.25, 0.3) is 0 Å². The Bertz CT molecular complexity index is 218. The van der Waals surface area contributed by atoms with E-state index in [2.05, 4.69) is 10.6 Å². The fourth-order valence-corrected chi connectivity index (χ4v) is 2.75. The van der Waals surface area contributed by atoms with Gasteiger partial charge in [0.05, 0.1) is 5.92 Å². The Balaban J connectivity index is 1.93. The second-order valence-electron chi connectivity index (χ2n) is 4.80. The summed E-state index contributed by atoms with van der Waals surface area (Å²) in [6.07, 6.45) is 8.40.